The van der Waals surface area contributed by atoms with Crippen molar-refractivity contribution in [3.05, 3.63) is 39.9 Å². The van der Waals surface area contributed by atoms with Crippen molar-refractivity contribution in [2.75, 3.05) is 13.7 Å². The molecule has 0 radical (unpaired) electrons. The number of carbonyl (C=O) groups is 2. The molecular weight excluding hydrogens is 375 g/mol. The van der Waals surface area contributed by atoms with Crippen LogP contribution in [0.3, 0.4) is 0 Å². The number of alkyl halides is 3. The maximum Gasteiger partial charge on any atom is 0.437 e. The highest BCUT2D eigenvalue weighted by atomic mass is 19.4. The highest BCUT2D eigenvalue weighted by Crippen LogP contribution is 2.47. The zero-order valence-electron chi connectivity index (χ0n) is 14.2. The highest BCUT2D eigenvalue weighted by molar-refractivity contribution is 5.83. The summed E-state index contributed by atoms with van der Waals surface area (Å²) in [6.45, 7) is 1.08. The molecule has 148 valence electrons. The number of halogens is 3. The van der Waals surface area contributed by atoms with E-state index in [0.717, 1.165) is 12.1 Å². The maximum absolute atomic E-state index is 13.7. The molecule has 1 aliphatic rings. The van der Waals surface area contributed by atoms with E-state index in [1.807, 2.05) is 0 Å². The van der Waals surface area contributed by atoms with E-state index < -0.39 is 46.5 Å². The molecule has 1 saturated heterocycles. The predicted octanol–water partition coefficient (Wildman–Crippen LogP) is 1.72. The van der Waals surface area contributed by atoms with E-state index in [1.165, 1.54) is 19.1 Å². The van der Waals surface area contributed by atoms with Crippen molar-refractivity contribution in [2.45, 2.75) is 24.9 Å². The molecule has 0 aromatic heterocycles. The summed E-state index contributed by atoms with van der Waals surface area (Å²) in [7, 11) is 0.679. The largest absolute Gasteiger partial charge is 0.466 e. The van der Waals surface area contributed by atoms with Gasteiger partial charge in [-0.1, -0.05) is 12.1 Å². The summed E-state index contributed by atoms with van der Waals surface area (Å²) in [5.41, 5.74) is -4.50. The van der Waals surface area contributed by atoms with Crippen LogP contribution in [0.4, 0.5) is 23.7 Å². The molecule has 9 nitrogen and oxygen atoms in total. The van der Waals surface area contributed by atoms with Crippen LogP contribution in [-0.4, -0.2) is 52.5 Å². The molecule has 12 heteroatoms. The van der Waals surface area contributed by atoms with Crippen LogP contribution < -0.4 is 5.32 Å². The average molecular weight is 391 g/mol. The van der Waals surface area contributed by atoms with Crippen LogP contribution in [0.1, 0.15) is 18.5 Å². The number of amides is 2. The molecule has 1 heterocycles. The number of nitrogens with one attached hydrogen (secondary N) is 1. The molecule has 3 atom stereocenters. The first-order valence-electron chi connectivity index (χ1n) is 7.69. The van der Waals surface area contributed by atoms with E-state index in [4.69, 9.17) is 0 Å². The standard InChI is InChI=1S/C15H16F3N3O6/c1-3-27-12(22)10-11(8-5-4-6-9(7-8)21(25)26)19-13(23)20(2)14(10,24)15(16,17)18/h4-7,10-11,24H,3H2,1-2H3,(H,19,23)/t10-,11+,14-/m1/s1. The number of nitro benzene ring substituents is 1. The van der Waals surface area contributed by atoms with Crippen molar-refractivity contribution in [1.29, 1.82) is 0 Å². The Hall–Kier alpha value is -2.89. The number of aliphatic hydroxyl groups is 1. The fourth-order valence-corrected chi connectivity index (χ4v) is 2.92. The Labute approximate surface area is 150 Å². The fourth-order valence-electron chi connectivity index (χ4n) is 2.92. The van der Waals surface area contributed by atoms with E-state index in [0.29, 0.717) is 7.05 Å². The van der Waals surface area contributed by atoms with Gasteiger partial charge in [0.05, 0.1) is 17.6 Å². The third-order valence-electron chi connectivity index (χ3n) is 4.26. The Morgan fingerprint density at radius 3 is 2.63 bits per heavy atom. The van der Waals surface area contributed by atoms with Crippen molar-refractivity contribution in [3.8, 4) is 0 Å². The van der Waals surface area contributed by atoms with Crippen molar-refractivity contribution in [3.63, 3.8) is 0 Å². The van der Waals surface area contributed by atoms with Crippen LogP contribution in [0.25, 0.3) is 0 Å². The maximum atomic E-state index is 13.7. The van der Waals surface area contributed by atoms with Crippen LogP contribution in [0, 0.1) is 16.0 Å². The van der Waals surface area contributed by atoms with Gasteiger partial charge in [0.15, 0.2) is 0 Å². The summed E-state index contributed by atoms with van der Waals surface area (Å²) in [4.78, 5) is 34.5. The number of rotatable bonds is 4. The average Bonchev–Trinajstić information content (AvgIpc) is 2.58. The van der Waals surface area contributed by atoms with E-state index in [9.17, 15) is 38.0 Å². The number of nitrogens with zero attached hydrogens (tertiary/aromatic N) is 2. The number of esters is 1. The number of hydrogen-bond donors (Lipinski definition) is 2. The molecular formula is C15H16F3N3O6. The van der Waals surface area contributed by atoms with Crippen molar-refractivity contribution in [2.24, 2.45) is 5.92 Å². The first-order chi connectivity index (χ1) is 12.4. The number of ether oxygens (including phenoxy) is 1. The first-order valence-corrected chi connectivity index (χ1v) is 7.69. The summed E-state index contributed by atoms with van der Waals surface area (Å²) in [6, 6.07) is 1.37. The molecule has 1 aliphatic heterocycles. The number of non-ortho nitro benzene ring substituents is 1. The summed E-state index contributed by atoms with van der Waals surface area (Å²) in [5, 5.41) is 23.5. The van der Waals surface area contributed by atoms with Gasteiger partial charge >= 0.3 is 18.2 Å². The smallest absolute Gasteiger partial charge is 0.437 e. The zero-order chi connectivity index (χ0) is 20.6. The Kier molecular flexibility index (Phi) is 5.31. The Bertz CT molecular complexity index is 771. The number of benzene rings is 1. The second-order valence-corrected chi connectivity index (χ2v) is 5.79. The van der Waals surface area contributed by atoms with E-state index in [1.54, 1.807) is 0 Å². The molecule has 1 fully saturated rings. The molecule has 2 rings (SSSR count). The van der Waals surface area contributed by atoms with Gasteiger partial charge < -0.3 is 15.2 Å². The van der Waals surface area contributed by atoms with Gasteiger partial charge in [-0.3, -0.25) is 19.8 Å². The minimum atomic E-state index is -5.41. The molecule has 27 heavy (non-hydrogen) atoms. The van der Waals surface area contributed by atoms with Gasteiger partial charge in [-0.15, -0.1) is 0 Å². The van der Waals surface area contributed by atoms with Crippen molar-refractivity contribution in [1.82, 2.24) is 10.2 Å². The summed E-state index contributed by atoms with van der Waals surface area (Å²) >= 11 is 0. The zero-order valence-corrected chi connectivity index (χ0v) is 14.2. The molecule has 0 spiro atoms. The van der Waals surface area contributed by atoms with Gasteiger partial charge in [-0.2, -0.15) is 13.2 Å². The summed E-state index contributed by atoms with van der Waals surface area (Å²) < 4.78 is 45.8. The van der Waals surface area contributed by atoms with E-state index >= 15 is 0 Å². The molecule has 2 N–H and O–H groups in total. The number of urea groups is 1. The molecule has 0 bridgehead atoms. The molecule has 1 aromatic carbocycles. The number of carbonyl (C=O) groups excluding carboxylic acids is 2. The van der Waals surface area contributed by atoms with Gasteiger partial charge in [-0.25, -0.2) is 4.79 Å². The fraction of sp³-hybridized carbons (Fsp3) is 0.467. The Balaban J connectivity index is 2.67. The van der Waals surface area contributed by atoms with Gasteiger partial charge in [0.2, 0.25) is 0 Å². The van der Waals surface area contributed by atoms with Gasteiger partial charge in [0.25, 0.3) is 11.4 Å². The van der Waals surface area contributed by atoms with Gasteiger partial charge in [0.1, 0.15) is 5.92 Å². The van der Waals surface area contributed by atoms with E-state index in [-0.39, 0.29) is 17.1 Å². The molecule has 0 unspecified atom stereocenters. The Morgan fingerprint density at radius 2 is 2.11 bits per heavy atom. The normalized spacial score (nSPS) is 25.7. The van der Waals surface area contributed by atoms with Crippen LogP contribution >= 0.6 is 0 Å². The van der Waals surface area contributed by atoms with Crippen LogP contribution in [0.5, 0.6) is 0 Å². The van der Waals surface area contributed by atoms with E-state index in [2.05, 4.69) is 10.1 Å². The van der Waals surface area contributed by atoms with Crippen molar-refractivity contribution < 1.29 is 37.5 Å². The lowest BCUT2D eigenvalue weighted by Gasteiger charge is -2.49. The van der Waals surface area contributed by atoms with Crippen molar-refractivity contribution >= 4 is 17.7 Å². The van der Waals surface area contributed by atoms with Crippen LogP contribution in [0.15, 0.2) is 24.3 Å². The van der Waals surface area contributed by atoms with Gasteiger partial charge in [0, 0.05) is 19.2 Å². The second kappa shape index (κ2) is 7.02. The monoisotopic (exact) mass is 391 g/mol. The summed E-state index contributed by atoms with van der Waals surface area (Å²) in [5.74, 6) is -3.73. The minimum absolute atomic E-state index is 0.0392. The predicted molar refractivity (Wildman–Crippen MR) is 83.3 cm³/mol. The summed E-state index contributed by atoms with van der Waals surface area (Å²) in [6.07, 6.45) is -5.41. The number of hydrogen-bond acceptors (Lipinski definition) is 6. The Morgan fingerprint density at radius 1 is 1.48 bits per heavy atom. The molecule has 0 saturated carbocycles. The molecule has 2 amide bonds. The lowest BCUT2D eigenvalue weighted by atomic mass is 9.81. The lowest BCUT2D eigenvalue weighted by molar-refractivity contribution is -0.385. The second-order valence-electron chi connectivity index (χ2n) is 5.79. The molecule has 1 aromatic rings. The first kappa shape index (κ1) is 20.4. The molecule has 0 aliphatic carbocycles. The van der Waals surface area contributed by atoms with Crippen LogP contribution in [-0.2, 0) is 9.53 Å². The van der Waals surface area contributed by atoms with Gasteiger partial charge in [-0.05, 0) is 12.5 Å². The lowest BCUT2D eigenvalue weighted by Crippen LogP contribution is -2.73. The SMILES string of the molecule is CCOC(=O)[C@H]1[C@H](c2cccc([N+](=O)[O-])c2)NC(=O)N(C)[C@]1(O)C(F)(F)F. The highest BCUT2D eigenvalue weighted by Gasteiger charge is 2.69. The van der Waals surface area contributed by atoms with Crippen LogP contribution in [0.2, 0.25) is 0 Å². The minimum Gasteiger partial charge on any atom is -0.466 e. The quantitative estimate of drug-likeness (QED) is 0.458. The third kappa shape index (κ3) is 3.39. The number of nitro groups is 1. The third-order valence-corrected chi connectivity index (χ3v) is 4.26. The topological polar surface area (TPSA) is 122 Å².